The number of rotatable bonds is 5. The van der Waals surface area contributed by atoms with E-state index in [1.165, 1.54) is 12.1 Å². The quantitative estimate of drug-likeness (QED) is 0.494. The van der Waals surface area contributed by atoms with Crippen molar-refractivity contribution in [2.45, 2.75) is 6.92 Å². The van der Waals surface area contributed by atoms with Gasteiger partial charge in [0, 0.05) is 44.4 Å². The average molecular weight is 293 g/mol. The lowest BCUT2D eigenvalue weighted by atomic mass is 10.1. The number of hydrogen-bond donors (Lipinski definition) is 1. The van der Waals surface area contributed by atoms with Crippen LogP contribution in [0.2, 0.25) is 0 Å². The highest BCUT2D eigenvalue weighted by Gasteiger charge is 2.19. The molecule has 0 radical (unpaired) electrons. The molecule has 1 saturated heterocycles. The minimum absolute atomic E-state index is 0.0634. The predicted octanol–water partition coefficient (Wildman–Crippen LogP) is 0.965. The molecule has 0 amide bonds. The zero-order chi connectivity index (χ0) is 15.2. The molecule has 1 fully saturated rings. The number of piperazine rings is 1. The Morgan fingerprint density at radius 3 is 2.81 bits per heavy atom. The van der Waals surface area contributed by atoms with Crippen molar-refractivity contribution < 1.29 is 14.5 Å². The van der Waals surface area contributed by atoms with Crippen LogP contribution in [-0.4, -0.2) is 55.1 Å². The van der Waals surface area contributed by atoms with Gasteiger partial charge in [0.05, 0.1) is 10.5 Å². The van der Waals surface area contributed by atoms with Gasteiger partial charge in [-0.3, -0.25) is 15.0 Å². The molecule has 21 heavy (non-hydrogen) atoms. The summed E-state index contributed by atoms with van der Waals surface area (Å²) in [5, 5.41) is 14.1. The lowest BCUT2D eigenvalue weighted by Crippen LogP contribution is -2.44. The molecule has 0 unspecified atom stereocenters. The largest absolute Gasteiger partial charge is 0.461 e. The molecule has 0 atom stereocenters. The monoisotopic (exact) mass is 293 g/mol. The highest BCUT2D eigenvalue weighted by Crippen LogP contribution is 2.21. The number of nitrogens with one attached hydrogen (secondary N) is 1. The molecular weight excluding hydrogens is 274 g/mol. The minimum atomic E-state index is -0.508. The molecule has 1 aliphatic rings. The Morgan fingerprint density at radius 1 is 1.43 bits per heavy atom. The Hall–Kier alpha value is -1.99. The third kappa shape index (κ3) is 3.99. The van der Waals surface area contributed by atoms with Gasteiger partial charge < -0.3 is 10.1 Å². The molecule has 0 aliphatic carbocycles. The van der Waals surface area contributed by atoms with Crippen LogP contribution < -0.4 is 5.32 Å². The standard InChI is InChI=1S/C14H19N3O4/c1-11-12(3-2-4-13(11)17(19)20)14(18)21-10-9-16-7-5-15-6-8-16/h2-4,15H,5-10H2,1H3. The van der Waals surface area contributed by atoms with Gasteiger partial charge in [-0.25, -0.2) is 4.79 Å². The molecule has 0 bridgehead atoms. The number of hydrogen-bond acceptors (Lipinski definition) is 6. The Balaban J connectivity index is 1.91. The number of carbonyl (C=O) groups is 1. The number of nitro benzene ring substituents is 1. The van der Waals surface area contributed by atoms with Crippen molar-refractivity contribution in [3.63, 3.8) is 0 Å². The Labute approximate surface area is 123 Å². The summed E-state index contributed by atoms with van der Waals surface area (Å²) < 4.78 is 5.22. The summed E-state index contributed by atoms with van der Waals surface area (Å²) >= 11 is 0. The lowest BCUT2D eigenvalue weighted by molar-refractivity contribution is -0.385. The zero-order valence-corrected chi connectivity index (χ0v) is 12.0. The van der Waals surface area contributed by atoms with Crippen LogP contribution in [0.1, 0.15) is 15.9 Å². The minimum Gasteiger partial charge on any atom is -0.461 e. The van der Waals surface area contributed by atoms with Gasteiger partial charge in [-0.1, -0.05) is 6.07 Å². The highest BCUT2D eigenvalue weighted by atomic mass is 16.6. The van der Waals surface area contributed by atoms with Crippen LogP contribution in [0.5, 0.6) is 0 Å². The van der Waals surface area contributed by atoms with Gasteiger partial charge in [-0.05, 0) is 13.0 Å². The van der Waals surface area contributed by atoms with E-state index in [2.05, 4.69) is 10.2 Å². The van der Waals surface area contributed by atoms with Crippen molar-refractivity contribution in [3.8, 4) is 0 Å². The summed E-state index contributed by atoms with van der Waals surface area (Å²) in [7, 11) is 0. The van der Waals surface area contributed by atoms with Crippen molar-refractivity contribution in [2.75, 3.05) is 39.3 Å². The van der Waals surface area contributed by atoms with Gasteiger partial charge in [0.25, 0.3) is 5.69 Å². The van der Waals surface area contributed by atoms with Gasteiger partial charge in [0.15, 0.2) is 0 Å². The molecule has 0 saturated carbocycles. The molecule has 7 heteroatoms. The van der Waals surface area contributed by atoms with Crippen molar-refractivity contribution in [2.24, 2.45) is 0 Å². The fraction of sp³-hybridized carbons (Fsp3) is 0.500. The van der Waals surface area contributed by atoms with Gasteiger partial charge in [0.2, 0.25) is 0 Å². The summed E-state index contributed by atoms with van der Waals surface area (Å²) in [5.41, 5.74) is 0.533. The van der Waals surface area contributed by atoms with E-state index in [1.54, 1.807) is 13.0 Å². The zero-order valence-electron chi connectivity index (χ0n) is 12.0. The summed E-state index contributed by atoms with van der Waals surface area (Å²) in [6.07, 6.45) is 0. The number of nitro groups is 1. The van der Waals surface area contributed by atoms with Crippen LogP contribution in [0.4, 0.5) is 5.69 Å². The topological polar surface area (TPSA) is 84.7 Å². The van der Waals surface area contributed by atoms with Crippen LogP contribution in [0, 0.1) is 17.0 Å². The van der Waals surface area contributed by atoms with E-state index >= 15 is 0 Å². The second kappa shape index (κ2) is 7.14. The third-order valence-corrected chi connectivity index (χ3v) is 3.57. The molecule has 1 heterocycles. The van der Waals surface area contributed by atoms with Crippen molar-refractivity contribution in [1.82, 2.24) is 10.2 Å². The first-order valence-corrected chi connectivity index (χ1v) is 6.94. The molecule has 2 rings (SSSR count). The first-order chi connectivity index (χ1) is 10.1. The maximum Gasteiger partial charge on any atom is 0.338 e. The van der Waals surface area contributed by atoms with Crippen LogP contribution in [-0.2, 0) is 4.74 Å². The molecule has 114 valence electrons. The van der Waals surface area contributed by atoms with Gasteiger partial charge in [-0.2, -0.15) is 0 Å². The molecule has 0 spiro atoms. The summed E-state index contributed by atoms with van der Waals surface area (Å²) in [6, 6.07) is 4.43. The second-order valence-electron chi connectivity index (χ2n) is 4.93. The summed E-state index contributed by atoms with van der Waals surface area (Å²) in [5.74, 6) is -0.508. The average Bonchev–Trinajstić information content (AvgIpc) is 2.48. The molecular formula is C14H19N3O4. The first kappa shape index (κ1) is 15.4. The Kier molecular flexibility index (Phi) is 5.24. The van der Waals surface area contributed by atoms with Gasteiger partial charge >= 0.3 is 5.97 Å². The highest BCUT2D eigenvalue weighted by molar-refractivity contribution is 5.92. The number of nitrogens with zero attached hydrogens (tertiary/aromatic N) is 2. The molecule has 1 aliphatic heterocycles. The van der Waals surface area contributed by atoms with E-state index in [-0.39, 0.29) is 11.3 Å². The molecule has 0 aromatic heterocycles. The fourth-order valence-corrected chi connectivity index (χ4v) is 2.32. The Bertz CT molecular complexity index is 527. The van der Waals surface area contributed by atoms with Crippen molar-refractivity contribution in [3.05, 3.63) is 39.4 Å². The van der Waals surface area contributed by atoms with Crippen LogP contribution in [0.15, 0.2) is 18.2 Å². The number of carbonyl (C=O) groups excluding carboxylic acids is 1. The van der Waals surface area contributed by atoms with Gasteiger partial charge in [-0.15, -0.1) is 0 Å². The molecule has 1 aromatic carbocycles. The van der Waals surface area contributed by atoms with E-state index in [1.807, 2.05) is 0 Å². The van der Waals surface area contributed by atoms with Crippen LogP contribution in [0.25, 0.3) is 0 Å². The van der Waals surface area contributed by atoms with Crippen LogP contribution in [0.3, 0.4) is 0 Å². The molecule has 7 nitrogen and oxygen atoms in total. The SMILES string of the molecule is Cc1c(C(=O)OCCN2CCNCC2)cccc1[N+](=O)[O-]. The normalized spacial score (nSPS) is 15.7. The third-order valence-electron chi connectivity index (χ3n) is 3.57. The predicted molar refractivity (Wildman–Crippen MR) is 77.4 cm³/mol. The van der Waals surface area contributed by atoms with Gasteiger partial charge in [0.1, 0.15) is 6.61 Å². The first-order valence-electron chi connectivity index (χ1n) is 6.94. The van der Waals surface area contributed by atoms with E-state index in [4.69, 9.17) is 4.74 Å². The van der Waals surface area contributed by atoms with Crippen molar-refractivity contribution >= 4 is 11.7 Å². The molecule has 1 N–H and O–H groups in total. The maximum atomic E-state index is 12.0. The number of ether oxygens (including phenoxy) is 1. The van der Waals surface area contributed by atoms with E-state index < -0.39 is 10.9 Å². The van der Waals surface area contributed by atoms with E-state index in [9.17, 15) is 14.9 Å². The smallest absolute Gasteiger partial charge is 0.338 e. The second-order valence-corrected chi connectivity index (χ2v) is 4.93. The fourth-order valence-electron chi connectivity index (χ4n) is 2.32. The van der Waals surface area contributed by atoms with E-state index in [0.29, 0.717) is 18.7 Å². The van der Waals surface area contributed by atoms with E-state index in [0.717, 1.165) is 26.2 Å². The summed E-state index contributed by atoms with van der Waals surface area (Å²) in [4.78, 5) is 24.6. The van der Waals surface area contributed by atoms with Crippen LogP contribution >= 0.6 is 0 Å². The number of esters is 1. The number of benzene rings is 1. The Morgan fingerprint density at radius 2 is 2.14 bits per heavy atom. The lowest BCUT2D eigenvalue weighted by Gasteiger charge is -2.26. The maximum absolute atomic E-state index is 12.0. The summed E-state index contributed by atoms with van der Waals surface area (Å²) in [6.45, 7) is 6.30. The van der Waals surface area contributed by atoms with Crippen molar-refractivity contribution in [1.29, 1.82) is 0 Å². The molecule has 1 aromatic rings.